The van der Waals surface area contributed by atoms with Crippen LogP contribution in [0.25, 0.3) is 0 Å². The van der Waals surface area contributed by atoms with Gasteiger partial charge in [-0.2, -0.15) is 5.10 Å². The average molecular weight is 243 g/mol. The third-order valence-corrected chi connectivity index (χ3v) is 4.60. The van der Waals surface area contributed by atoms with Crippen molar-refractivity contribution >= 4 is 15.5 Å². The quantitative estimate of drug-likeness (QED) is 0.856. The summed E-state index contributed by atoms with van der Waals surface area (Å²) in [5.74, 6) is 0.596. The molecule has 0 spiro atoms. The maximum Gasteiger partial charge on any atom is 0.150 e. The molecule has 0 bridgehead atoms. The van der Waals surface area contributed by atoms with Crippen molar-refractivity contribution in [2.24, 2.45) is 0 Å². The van der Waals surface area contributed by atoms with Crippen molar-refractivity contribution in [3.8, 4) is 0 Å². The van der Waals surface area contributed by atoms with Crippen molar-refractivity contribution < 1.29 is 8.42 Å². The number of hydrogen-bond acceptors (Lipinski definition) is 4. The molecule has 1 aromatic rings. The lowest BCUT2D eigenvalue weighted by Crippen LogP contribution is -2.31. The van der Waals surface area contributed by atoms with E-state index in [2.05, 4.69) is 10.4 Å². The molecule has 6 heteroatoms. The van der Waals surface area contributed by atoms with Crippen LogP contribution in [0.1, 0.15) is 19.8 Å². The second-order valence-corrected chi connectivity index (χ2v) is 6.46. The monoisotopic (exact) mass is 243 g/mol. The molecular formula is C10H17N3O2S. The lowest BCUT2D eigenvalue weighted by molar-refractivity contribution is 0.559. The number of nitrogens with zero attached hydrogens (tertiary/aromatic N) is 2. The van der Waals surface area contributed by atoms with Gasteiger partial charge in [-0.15, -0.1) is 0 Å². The van der Waals surface area contributed by atoms with Crippen LogP contribution in [-0.4, -0.2) is 35.7 Å². The normalized spacial score (nSPS) is 20.8. The Balaban J connectivity index is 1.91. The summed E-state index contributed by atoms with van der Waals surface area (Å²) in [7, 11) is -2.77. The third-order valence-electron chi connectivity index (χ3n) is 2.88. The van der Waals surface area contributed by atoms with Gasteiger partial charge in [-0.1, -0.05) is 0 Å². The van der Waals surface area contributed by atoms with Gasteiger partial charge in [-0.3, -0.25) is 4.68 Å². The summed E-state index contributed by atoms with van der Waals surface area (Å²) in [6.45, 7) is 2.88. The first kappa shape index (κ1) is 11.4. The number of aromatic nitrogens is 2. The van der Waals surface area contributed by atoms with Gasteiger partial charge in [0, 0.05) is 18.8 Å². The maximum absolute atomic E-state index is 11.3. The molecule has 0 saturated carbocycles. The van der Waals surface area contributed by atoms with Crippen molar-refractivity contribution in [2.75, 3.05) is 16.8 Å². The van der Waals surface area contributed by atoms with Gasteiger partial charge in [-0.25, -0.2) is 8.42 Å². The predicted molar refractivity (Wildman–Crippen MR) is 63.2 cm³/mol. The van der Waals surface area contributed by atoms with Gasteiger partial charge in [0.2, 0.25) is 0 Å². The van der Waals surface area contributed by atoms with Crippen molar-refractivity contribution in [3.63, 3.8) is 0 Å². The van der Waals surface area contributed by atoms with E-state index in [1.54, 1.807) is 6.20 Å². The number of sulfone groups is 1. The van der Waals surface area contributed by atoms with Gasteiger partial charge in [0.25, 0.3) is 0 Å². The van der Waals surface area contributed by atoms with Gasteiger partial charge < -0.3 is 5.32 Å². The van der Waals surface area contributed by atoms with E-state index in [-0.39, 0.29) is 6.04 Å². The van der Waals surface area contributed by atoms with Gasteiger partial charge in [0.15, 0.2) is 0 Å². The van der Waals surface area contributed by atoms with Crippen LogP contribution in [0.3, 0.4) is 0 Å². The molecule has 0 amide bonds. The molecule has 0 radical (unpaired) electrons. The Morgan fingerprint density at radius 3 is 2.75 bits per heavy atom. The van der Waals surface area contributed by atoms with Gasteiger partial charge in [0.1, 0.15) is 9.84 Å². The maximum atomic E-state index is 11.3. The van der Waals surface area contributed by atoms with Crippen LogP contribution in [-0.2, 0) is 16.4 Å². The molecule has 1 aliphatic rings. The van der Waals surface area contributed by atoms with Crippen LogP contribution >= 0.6 is 0 Å². The Morgan fingerprint density at radius 1 is 1.50 bits per heavy atom. The number of rotatable bonds is 3. The Bertz CT molecular complexity index is 438. The molecule has 1 aromatic heterocycles. The highest BCUT2D eigenvalue weighted by molar-refractivity contribution is 7.91. The summed E-state index contributed by atoms with van der Waals surface area (Å²) in [6, 6.07) is 0.262. The average Bonchev–Trinajstić information content (AvgIpc) is 2.69. The molecule has 2 rings (SSSR count). The standard InChI is InChI=1S/C10H17N3O2S/c1-2-13-8-10(7-11-13)12-9-3-5-16(14,15)6-4-9/h7-9,12H,2-6H2,1H3. The fourth-order valence-corrected chi connectivity index (χ4v) is 3.37. The van der Waals surface area contributed by atoms with Crippen molar-refractivity contribution in [2.45, 2.75) is 32.4 Å². The highest BCUT2D eigenvalue weighted by atomic mass is 32.2. The van der Waals surface area contributed by atoms with Crippen LogP contribution in [0.4, 0.5) is 5.69 Å². The minimum Gasteiger partial charge on any atom is -0.380 e. The van der Waals surface area contributed by atoms with Crippen molar-refractivity contribution in [1.82, 2.24) is 9.78 Å². The second kappa shape index (κ2) is 4.45. The molecule has 1 aliphatic heterocycles. The summed E-state index contributed by atoms with van der Waals surface area (Å²) in [6.07, 6.45) is 5.12. The molecule has 0 unspecified atom stereocenters. The zero-order valence-electron chi connectivity index (χ0n) is 9.39. The summed E-state index contributed by atoms with van der Waals surface area (Å²) < 4.78 is 24.4. The molecule has 0 aromatic carbocycles. The zero-order chi connectivity index (χ0) is 11.6. The molecule has 0 aliphatic carbocycles. The van der Waals surface area contributed by atoms with E-state index in [1.807, 2.05) is 17.8 Å². The molecule has 90 valence electrons. The molecule has 0 atom stereocenters. The highest BCUT2D eigenvalue weighted by Crippen LogP contribution is 2.17. The first-order valence-corrected chi connectivity index (χ1v) is 7.40. The fraction of sp³-hybridized carbons (Fsp3) is 0.700. The number of anilines is 1. The van der Waals surface area contributed by atoms with Crippen LogP contribution in [0.2, 0.25) is 0 Å². The van der Waals surface area contributed by atoms with E-state index >= 15 is 0 Å². The zero-order valence-corrected chi connectivity index (χ0v) is 10.2. The summed E-state index contributed by atoms with van der Waals surface area (Å²) in [4.78, 5) is 0. The summed E-state index contributed by atoms with van der Waals surface area (Å²) in [5.41, 5.74) is 0.978. The lowest BCUT2D eigenvalue weighted by atomic mass is 10.1. The van der Waals surface area contributed by atoms with Crippen LogP contribution < -0.4 is 5.32 Å². The van der Waals surface area contributed by atoms with Crippen LogP contribution in [0, 0.1) is 0 Å². The largest absolute Gasteiger partial charge is 0.380 e. The van der Waals surface area contributed by atoms with E-state index in [4.69, 9.17) is 0 Å². The Hall–Kier alpha value is -1.04. The Kier molecular flexibility index (Phi) is 3.18. The van der Waals surface area contributed by atoms with Crippen LogP contribution in [0.15, 0.2) is 12.4 Å². The lowest BCUT2D eigenvalue weighted by Gasteiger charge is -2.23. The van der Waals surface area contributed by atoms with Crippen molar-refractivity contribution in [3.05, 3.63) is 12.4 Å². The minimum atomic E-state index is -2.77. The van der Waals surface area contributed by atoms with E-state index in [0.29, 0.717) is 24.3 Å². The number of aryl methyl sites for hydroxylation is 1. The SMILES string of the molecule is CCn1cc(NC2CCS(=O)(=O)CC2)cn1. The molecule has 1 N–H and O–H groups in total. The highest BCUT2D eigenvalue weighted by Gasteiger charge is 2.23. The molecule has 16 heavy (non-hydrogen) atoms. The van der Waals surface area contributed by atoms with E-state index in [9.17, 15) is 8.42 Å². The topological polar surface area (TPSA) is 64.0 Å². The minimum absolute atomic E-state index is 0.262. The number of hydrogen-bond donors (Lipinski definition) is 1. The smallest absolute Gasteiger partial charge is 0.150 e. The van der Waals surface area contributed by atoms with Gasteiger partial charge in [-0.05, 0) is 19.8 Å². The summed E-state index contributed by atoms with van der Waals surface area (Å²) >= 11 is 0. The van der Waals surface area contributed by atoms with Crippen molar-refractivity contribution in [1.29, 1.82) is 0 Å². The second-order valence-electron chi connectivity index (χ2n) is 4.16. The molecule has 1 saturated heterocycles. The Morgan fingerprint density at radius 2 is 2.19 bits per heavy atom. The summed E-state index contributed by atoms with van der Waals surface area (Å²) in [5, 5.41) is 7.49. The molecule has 2 heterocycles. The van der Waals surface area contributed by atoms with E-state index in [0.717, 1.165) is 12.2 Å². The first-order valence-electron chi connectivity index (χ1n) is 5.58. The van der Waals surface area contributed by atoms with E-state index in [1.165, 1.54) is 0 Å². The molecule has 5 nitrogen and oxygen atoms in total. The van der Waals surface area contributed by atoms with Crippen LogP contribution in [0.5, 0.6) is 0 Å². The third kappa shape index (κ3) is 2.75. The fourth-order valence-electron chi connectivity index (χ4n) is 1.88. The molecule has 1 fully saturated rings. The number of nitrogens with one attached hydrogen (secondary N) is 1. The molecular weight excluding hydrogens is 226 g/mol. The van der Waals surface area contributed by atoms with Gasteiger partial charge in [0.05, 0.1) is 23.4 Å². The van der Waals surface area contributed by atoms with E-state index < -0.39 is 9.84 Å². The predicted octanol–water partition coefficient (Wildman–Crippen LogP) is 0.892. The van der Waals surface area contributed by atoms with Gasteiger partial charge >= 0.3 is 0 Å². The Labute approximate surface area is 95.8 Å². The first-order chi connectivity index (χ1) is 7.59.